The molecule has 4 heterocycles. The van der Waals surface area contributed by atoms with Crippen molar-refractivity contribution < 1.29 is 18.7 Å². The molecular weight excluding hydrogens is 470 g/mol. The van der Waals surface area contributed by atoms with Crippen LogP contribution in [0.3, 0.4) is 0 Å². The molecule has 35 heavy (non-hydrogen) atoms. The minimum absolute atomic E-state index is 0.0776. The minimum Gasteiger partial charge on any atom is -0.476 e. The van der Waals surface area contributed by atoms with E-state index in [1.165, 1.54) is 6.07 Å². The molecule has 0 spiro atoms. The first-order valence-electron chi connectivity index (χ1n) is 10.8. The van der Waals surface area contributed by atoms with E-state index in [2.05, 4.69) is 15.3 Å². The number of aromatic nitrogens is 2. The summed E-state index contributed by atoms with van der Waals surface area (Å²) in [6.45, 7) is 5.44. The first-order chi connectivity index (χ1) is 16.7. The average molecular weight is 490 g/mol. The second-order valence-corrected chi connectivity index (χ2v) is 8.73. The first kappa shape index (κ1) is 22.6. The van der Waals surface area contributed by atoms with Gasteiger partial charge in [-0.25, -0.2) is 9.78 Å². The monoisotopic (exact) mass is 489 g/mol. The standard InChI is InChI=1S/C26H20ClN3O5/c1-12-8-16(14(3)29-18-4-5-21(27)30-22(18)26(32)33)25-17(9-12)23(31)13(2)24(35-25)20-10-15-11-28-7-6-19(15)34-20/h4-11,14,29H,1-3H3,(H,32,33). The Balaban J connectivity index is 1.67. The van der Waals surface area contributed by atoms with E-state index in [1.807, 2.05) is 19.9 Å². The molecule has 0 aliphatic rings. The molecule has 4 aromatic heterocycles. The van der Waals surface area contributed by atoms with E-state index in [0.29, 0.717) is 44.9 Å². The Morgan fingerprint density at radius 1 is 1.14 bits per heavy atom. The summed E-state index contributed by atoms with van der Waals surface area (Å²) in [4.78, 5) is 33.1. The molecule has 0 fully saturated rings. The number of rotatable bonds is 5. The molecule has 2 N–H and O–H groups in total. The van der Waals surface area contributed by atoms with Crippen LogP contribution in [0.4, 0.5) is 5.69 Å². The number of carboxylic acid groups (broad SMARTS) is 1. The average Bonchev–Trinajstić information content (AvgIpc) is 3.26. The lowest BCUT2D eigenvalue weighted by molar-refractivity contribution is 0.0691. The van der Waals surface area contributed by atoms with Crippen molar-refractivity contribution >= 4 is 45.2 Å². The zero-order chi connectivity index (χ0) is 24.9. The summed E-state index contributed by atoms with van der Waals surface area (Å²) >= 11 is 5.89. The van der Waals surface area contributed by atoms with Gasteiger partial charge in [0.15, 0.2) is 22.6 Å². The van der Waals surface area contributed by atoms with Gasteiger partial charge in [-0.1, -0.05) is 17.7 Å². The highest BCUT2D eigenvalue weighted by Crippen LogP contribution is 2.34. The molecule has 0 amide bonds. The van der Waals surface area contributed by atoms with Crippen molar-refractivity contribution in [3.63, 3.8) is 0 Å². The van der Waals surface area contributed by atoms with E-state index in [9.17, 15) is 14.7 Å². The molecule has 1 unspecified atom stereocenters. The van der Waals surface area contributed by atoms with E-state index >= 15 is 0 Å². The number of aryl methyl sites for hydroxylation is 1. The Morgan fingerprint density at radius 2 is 1.94 bits per heavy atom. The van der Waals surface area contributed by atoms with Gasteiger partial charge in [0.05, 0.1) is 17.1 Å². The van der Waals surface area contributed by atoms with Gasteiger partial charge in [-0.15, -0.1) is 0 Å². The van der Waals surface area contributed by atoms with Crippen molar-refractivity contribution in [2.45, 2.75) is 26.8 Å². The van der Waals surface area contributed by atoms with Crippen molar-refractivity contribution in [3.05, 3.63) is 86.6 Å². The summed E-state index contributed by atoms with van der Waals surface area (Å²) in [7, 11) is 0. The lowest BCUT2D eigenvalue weighted by atomic mass is 9.99. The second-order valence-electron chi connectivity index (χ2n) is 8.34. The number of pyridine rings is 2. The minimum atomic E-state index is -1.21. The highest BCUT2D eigenvalue weighted by Gasteiger charge is 2.22. The lowest BCUT2D eigenvalue weighted by Gasteiger charge is -2.19. The van der Waals surface area contributed by atoms with Crippen LogP contribution in [0.25, 0.3) is 33.5 Å². The van der Waals surface area contributed by atoms with Gasteiger partial charge in [-0.2, -0.15) is 0 Å². The Hall–Kier alpha value is -4.17. The van der Waals surface area contributed by atoms with Gasteiger partial charge in [0, 0.05) is 28.9 Å². The maximum absolute atomic E-state index is 13.4. The first-order valence-corrected chi connectivity index (χ1v) is 11.2. The SMILES string of the molecule is Cc1cc(C(C)Nc2ccc(Cl)nc2C(=O)O)c2oc(-c3cc4cnccc4o3)c(C)c(=O)c2c1. The van der Waals surface area contributed by atoms with Gasteiger partial charge in [-0.05, 0) is 56.7 Å². The number of nitrogens with one attached hydrogen (secondary N) is 1. The Bertz CT molecular complexity index is 1660. The van der Waals surface area contributed by atoms with Gasteiger partial charge >= 0.3 is 5.97 Å². The number of nitrogens with zero attached hydrogens (tertiary/aromatic N) is 2. The predicted octanol–water partition coefficient (Wildman–Crippen LogP) is 6.14. The molecule has 9 heteroatoms. The number of carboxylic acids is 1. The van der Waals surface area contributed by atoms with Crippen molar-refractivity contribution in [3.8, 4) is 11.5 Å². The molecule has 5 aromatic rings. The highest BCUT2D eigenvalue weighted by atomic mass is 35.5. The molecule has 1 aromatic carbocycles. The molecule has 8 nitrogen and oxygen atoms in total. The molecule has 0 saturated carbocycles. The van der Waals surface area contributed by atoms with Crippen LogP contribution in [0.2, 0.25) is 5.15 Å². The maximum atomic E-state index is 13.4. The molecule has 0 bridgehead atoms. The van der Waals surface area contributed by atoms with E-state index < -0.39 is 12.0 Å². The third kappa shape index (κ3) is 4.02. The van der Waals surface area contributed by atoms with Gasteiger partial charge < -0.3 is 19.3 Å². The van der Waals surface area contributed by atoms with E-state index in [0.717, 1.165) is 10.9 Å². The number of halogens is 1. The summed E-state index contributed by atoms with van der Waals surface area (Å²) in [5.41, 5.74) is 2.92. The number of hydrogen-bond acceptors (Lipinski definition) is 7. The Kier molecular flexibility index (Phi) is 5.53. The number of furan rings is 1. The summed E-state index contributed by atoms with van der Waals surface area (Å²) in [6.07, 6.45) is 3.31. The number of aromatic carboxylic acids is 1. The van der Waals surface area contributed by atoms with Crippen LogP contribution in [-0.2, 0) is 0 Å². The van der Waals surface area contributed by atoms with Crippen molar-refractivity contribution in [1.82, 2.24) is 9.97 Å². The van der Waals surface area contributed by atoms with E-state index in [1.54, 1.807) is 43.6 Å². The van der Waals surface area contributed by atoms with Gasteiger partial charge in [-0.3, -0.25) is 9.78 Å². The van der Waals surface area contributed by atoms with Crippen LogP contribution < -0.4 is 10.7 Å². The maximum Gasteiger partial charge on any atom is 0.356 e. The van der Waals surface area contributed by atoms with E-state index in [4.69, 9.17) is 20.4 Å². The van der Waals surface area contributed by atoms with Crippen molar-refractivity contribution in [1.29, 1.82) is 0 Å². The fraction of sp³-hybridized carbons (Fsp3) is 0.154. The Labute approximate surface area is 204 Å². The molecule has 1 atom stereocenters. The van der Waals surface area contributed by atoms with Crippen LogP contribution in [0.5, 0.6) is 0 Å². The topological polar surface area (TPSA) is 118 Å². The fourth-order valence-electron chi connectivity index (χ4n) is 4.15. The number of hydrogen-bond donors (Lipinski definition) is 2. The van der Waals surface area contributed by atoms with Crippen LogP contribution in [-0.4, -0.2) is 21.0 Å². The van der Waals surface area contributed by atoms with Gasteiger partial charge in [0.2, 0.25) is 0 Å². The quantitative estimate of drug-likeness (QED) is 0.283. The molecule has 0 radical (unpaired) electrons. The van der Waals surface area contributed by atoms with Crippen LogP contribution in [0.1, 0.15) is 40.1 Å². The van der Waals surface area contributed by atoms with Crippen LogP contribution in [0.15, 0.2) is 62.4 Å². The Morgan fingerprint density at radius 3 is 2.69 bits per heavy atom. The van der Waals surface area contributed by atoms with Gasteiger partial charge in [0.1, 0.15) is 16.3 Å². The van der Waals surface area contributed by atoms with Crippen molar-refractivity contribution in [2.75, 3.05) is 5.32 Å². The normalized spacial score (nSPS) is 12.2. The van der Waals surface area contributed by atoms with Crippen LogP contribution >= 0.6 is 11.6 Å². The third-order valence-electron chi connectivity index (χ3n) is 5.83. The molecular formula is C26H20ClN3O5. The second kappa shape index (κ2) is 8.56. The summed E-state index contributed by atoms with van der Waals surface area (Å²) in [5, 5.41) is 14.0. The highest BCUT2D eigenvalue weighted by molar-refractivity contribution is 6.29. The molecule has 0 aliphatic carbocycles. The summed E-state index contributed by atoms with van der Waals surface area (Å²) in [5.74, 6) is -0.456. The lowest BCUT2D eigenvalue weighted by Crippen LogP contribution is -2.14. The smallest absolute Gasteiger partial charge is 0.356 e. The largest absolute Gasteiger partial charge is 0.476 e. The zero-order valence-corrected chi connectivity index (χ0v) is 19.8. The summed E-state index contributed by atoms with van der Waals surface area (Å²) < 4.78 is 12.3. The predicted molar refractivity (Wildman–Crippen MR) is 133 cm³/mol. The van der Waals surface area contributed by atoms with E-state index in [-0.39, 0.29) is 16.3 Å². The third-order valence-corrected chi connectivity index (χ3v) is 6.05. The zero-order valence-electron chi connectivity index (χ0n) is 19.0. The van der Waals surface area contributed by atoms with Crippen LogP contribution in [0, 0.1) is 13.8 Å². The summed E-state index contributed by atoms with van der Waals surface area (Å²) in [6, 6.07) is 9.84. The number of carbonyl (C=O) groups is 1. The molecule has 0 aliphatic heterocycles. The van der Waals surface area contributed by atoms with Crippen molar-refractivity contribution in [2.24, 2.45) is 0 Å². The molecule has 176 valence electrons. The number of benzene rings is 1. The fourth-order valence-corrected chi connectivity index (χ4v) is 4.29. The molecule has 5 rings (SSSR count). The molecule has 0 saturated heterocycles. The number of anilines is 1. The number of fused-ring (bicyclic) bond motifs is 2. The van der Waals surface area contributed by atoms with Gasteiger partial charge in [0.25, 0.3) is 0 Å².